The molecule has 138 valence electrons. The van der Waals surface area contributed by atoms with Crippen molar-refractivity contribution >= 4 is 17.5 Å². The van der Waals surface area contributed by atoms with Crippen LogP contribution in [0.15, 0.2) is 48.5 Å². The Bertz CT molecular complexity index is 759. The number of rotatable bonds is 8. The van der Waals surface area contributed by atoms with E-state index in [4.69, 9.17) is 10.5 Å². The fourth-order valence-electron chi connectivity index (χ4n) is 2.45. The predicted octanol–water partition coefficient (Wildman–Crippen LogP) is 2.34. The molecule has 0 radical (unpaired) electrons. The number of amides is 2. The molecule has 4 N–H and O–H groups in total. The second kappa shape index (κ2) is 9.58. The molecule has 0 saturated heterocycles. The molecular weight excluding hydrogens is 330 g/mol. The molecule has 0 saturated carbocycles. The van der Waals surface area contributed by atoms with Crippen LogP contribution in [-0.2, 0) is 11.2 Å². The lowest BCUT2D eigenvalue weighted by molar-refractivity contribution is -0.115. The van der Waals surface area contributed by atoms with Crippen molar-refractivity contribution in [2.75, 3.05) is 18.4 Å². The quantitative estimate of drug-likeness (QED) is 0.677. The molecule has 2 aromatic rings. The molecule has 2 rings (SSSR count). The first-order chi connectivity index (χ1) is 12.5. The highest BCUT2D eigenvalue weighted by atomic mass is 16.5. The molecule has 0 atom stereocenters. The number of ether oxygens (including phenoxy) is 1. The molecule has 0 aromatic heterocycles. The van der Waals surface area contributed by atoms with Gasteiger partial charge in [0.1, 0.15) is 5.75 Å². The molecular formula is C20H25N3O3. The number of carbonyl (C=O) groups excluding carboxylic acids is 2. The summed E-state index contributed by atoms with van der Waals surface area (Å²) in [6.45, 7) is 4.64. The maximum Gasteiger partial charge on any atom is 0.253 e. The normalized spacial score (nSPS) is 10.5. The molecule has 2 aromatic carbocycles. The van der Waals surface area contributed by atoms with Crippen molar-refractivity contribution in [3.05, 3.63) is 59.7 Å². The Morgan fingerprint density at radius 2 is 1.88 bits per heavy atom. The first-order valence-electron chi connectivity index (χ1n) is 8.62. The molecule has 0 aliphatic heterocycles. The summed E-state index contributed by atoms with van der Waals surface area (Å²) < 4.78 is 5.65. The molecule has 0 heterocycles. The molecule has 6 nitrogen and oxygen atoms in total. The summed E-state index contributed by atoms with van der Waals surface area (Å²) in [5, 5.41) is 5.51. The first-order valence-corrected chi connectivity index (χ1v) is 8.62. The zero-order valence-electron chi connectivity index (χ0n) is 15.1. The number of anilines is 1. The number of hydrogen-bond acceptors (Lipinski definition) is 4. The van der Waals surface area contributed by atoms with Gasteiger partial charge in [-0.1, -0.05) is 24.3 Å². The van der Waals surface area contributed by atoms with Gasteiger partial charge in [0.05, 0.1) is 23.8 Å². The van der Waals surface area contributed by atoms with Gasteiger partial charge in [-0.2, -0.15) is 0 Å². The summed E-state index contributed by atoms with van der Waals surface area (Å²) in [5.41, 5.74) is 7.13. The fraction of sp³-hybridized carbons (Fsp3) is 0.300. The monoisotopic (exact) mass is 355 g/mol. The van der Waals surface area contributed by atoms with Crippen molar-refractivity contribution < 1.29 is 14.3 Å². The van der Waals surface area contributed by atoms with Crippen molar-refractivity contribution in [1.82, 2.24) is 5.32 Å². The average molecular weight is 355 g/mol. The highest BCUT2D eigenvalue weighted by Gasteiger charge is 2.13. The standard InChI is InChI=1S/C20H25N3O3/c1-14(2)26-16-7-5-6-15(12-16)13-19(24)23-18-9-4-3-8-17(18)20(25)22-11-10-21/h3-9,12,14H,10-11,13,21H2,1-2H3,(H,22,25)(H,23,24). The molecule has 26 heavy (non-hydrogen) atoms. The molecule has 0 bridgehead atoms. The second-order valence-electron chi connectivity index (χ2n) is 6.13. The van der Waals surface area contributed by atoms with E-state index in [0.29, 0.717) is 24.3 Å². The summed E-state index contributed by atoms with van der Waals surface area (Å²) in [6, 6.07) is 14.3. The van der Waals surface area contributed by atoms with Crippen molar-refractivity contribution in [3.63, 3.8) is 0 Å². The van der Waals surface area contributed by atoms with Crippen LogP contribution >= 0.6 is 0 Å². The van der Waals surface area contributed by atoms with Gasteiger partial charge in [0.15, 0.2) is 0 Å². The largest absolute Gasteiger partial charge is 0.491 e. The van der Waals surface area contributed by atoms with E-state index >= 15 is 0 Å². The summed E-state index contributed by atoms with van der Waals surface area (Å²) >= 11 is 0. The predicted molar refractivity (Wildman–Crippen MR) is 102 cm³/mol. The Labute approximate surface area is 153 Å². The minimum Gasteiger partial charge on any atom is -0.491 e. The van der Waals surface area contributed by atoms with E-state index in [2.05, 4.69) is 10.6 Å². The van der Waals surface area contributed by atoms with Crippen LogP contribution in [0.2, 0.25) is 0 Å². The molecule has 0 fully saturated rings. The third-order valence-electron chi connectivity index (χ3n) is 3.51. The van der Waals surface area contributed by atoms with Crippen LogP contribution in [0.4, 0.5) is 5.69 Å². The van der Waals surface area contributed by atoms with Gasteiger partial charge in [0.25, 0.3) is 5.91 Å². The van der Waals surface area contributed by atoms with E-state index in [1.54, 1.807) is 24.3 Å². The Hall–Kier alpha value is -2.86. The molecule has 0 unspecified atom stereocenters. The van der Waals surface area contributed by atoms with Crippen molar-refractivity contribution in [1.29, 1.82) is 0 Å². The summed E-state index contributed by atoms with van der Waals surface area (Å²) in [7, 11) is 0. The first kappa shape index (κ1) is 19.5. The lowest BCUT2D eigenvalue weighted by Crippen LogP contribution is -2.30. The van der Waals surface area contributed by atoms with Gasteiger partial charge in [-0.15, -0.1) is 0 Å². The Balaban J connectivity index is 2.05. The highest BCUT2D eigenvalue weighted by molar-refractivity contribution is 6.04. The van der Waals surface area contributed by atoms with Gasteiger partial charge in [-0.05, 0) is 43.7 Å². The van der Waals surface area contributed by atoms with Gasteiger partial charge in [-0.3, -0.25) is 9.59 Å². The van der Waals surface area contributed by atoms with Crippen molar-refractivity contribution in [2.45, 2.75) is 26.4 Å². The molecule has 2 amide bonds. The van der Waals surface area contributed by atoms with Crippen LogP contribution in [0.3, 0.4) is 0 Å². The van der Waals surface area contributed by atoms with Crippen molar-refractivity contribution in [3.8, 4) is 5.75 Å². The summed E-state index contributed by atoms with van der Waals surface area (Å²) in [4.78, 5) is 24.6. The molecule has 0 aliphatic rings. The van der Waals surface area contributed by atoms with E-state index < -0.39 is 0 Å². The topological polar surface area (TPSA) is 93.4 Å². The van der Waals surface area contributed by atoms with E-state index in [-0.39, 0.29) is 24.3 Å². The smallest absolute Gasteiger partial charge is 0.253 e. The number of para-hydroxylation sites is 1. The maximum absolute atomic E-state index is 12.4. The zero-order valence-corrected chi connectivity index (χ0v) is 15.1. The van der Waals surface area contributed by atoms with Crippen LogP contribution in [0.25, 0.3) is 0 Å². The fourth-order valence-corrected chi connectivity index (χ4v) is 2.45. The van der Waals surface area contributed by atoms with Crippen LogP contribution < -0.4 is 21.1 Å². The molecule has 0 aliphatic carbocycles. The third kappa shape index (κ3) is 5.89. The van der Waals surface area contributed by atoms with Gasteiger partial charge >= 0.3 is 0 Å². The highest BCUT2D eigenvalue weighted by Crippen LogP contribution is 2.18. The van der Waals surface area contributed by atoms with Crippen LogP contribution in [0.1, 0.15) is 29.8 Å². The number of nitrogens with two attached hydrogens (primary N) is 1. The Morgan fingerprint density at radius 3 is 2.62 bits per heavy atom. The van der Waals surface area contributed by atoms with Gasteiger partial charge in [0, 0.05) is 13.1 Å². The zero-order chi connectivity index (χ0) is 18.9. The van der Waals surface area contributed by atoms with Crippen molar-refractivity contribution in [2.24, 2.45) is 5.73 Å². The Morgan fingerprint density at radius 1 is 1.12 bits per heavy atom. The number of carbonyl (C=O) groups is 2. The lowest BCUT2D eigenvalue weighted by Gasteiger charge is -2.12. The lowest BCUT2D eigenvalue weighted by atomic mass is 10.1. The van der Waals surface area contributed by atoms with Gasteiger partial charge < -0.3 is 21.1 Å². The van der Waals surface area contributed by atoms with Crippen LogP contribution in [0.5, 0.6) is 5.75 Å². The SMILES string of the molecule is CC(C)Oc1cccc(CC(=O)Nc2ccccc2C(=O)NCCN)c1. The maximum atomic E-state index is 12.4. The average Bonchev–Trinajstić information content (AvgIpc) is 2.59. The van der Waals surface area contributed by atoms with Gasteiger partial charge in [0.2, 0.25) is 5.91 Å². The number of benzene rings is 2. The van der Waals surface area contributed by atoms with Crippen LogP contribution in [0, 0.1) is 0 Å². The molecule has 6 heteroatoms. The third-order valence-corrected chi connectivity index (χ3v) is 3.51. The number of hydrogen-bond donors (Lipinski definition) is 3. The second-order valence-corrected chi connectivity index (χ2v) is 6.13. The van der Waals surface area contributed by atoms with E-state index in [0.717, 1.165) is 11.3 Å². The van der Waals surface area contributed by atoms with E-state index in [1.807, 2.05) is 38.1 Å². The summed E-state index contributed by atoms with van der Waals surface area (Å²) in [5.74, 6) is 0.260. The minimum absolute atomic E-state index is 0.0676. The number of nitrogens with one attached hydrogen (secondary N) is 2. The molecule has 0 spiro atoms. The Kier molecular flexibility index (Phi) is 7.17. The summed E-state index contributed by atoms with van der Waals surface area (Å²) in [6.07, 6.45) is 0.256. The minimum atomic E-state index is -0.265. The van der Waals surface area contributed by atoms with Crippen LogP contribution in [-0.4, -0.2) is 31.0 Å². The van der Waals surface area contributed by atoms with Gasteiger partial charge in [-0.25, -0.2) is 0 Å². The van der Waals surface area contributed by atoms with E-state index in [1.165, 1.54) is 0 Å². The van der Waals surface area contributed by atoms with E-state index in [9.17, 15) is 9.59 Å².